The van der Waals surface area contributed by atoms with Crippen molar-refractivity contribution in [2.45, 2.75) is 0 Å². The predicted octanol–water partition coefficient (Wildman–Crippen LogP) is 11.8. The molecule has 7 aromatic carbocycles. The van der Waals surface area contributed by atoms with E-state index in [-0.39, 0.29) is 23.0 Å². The lowest BCUT2D eigenvalue weighted by atomic mass is 10.0. The molecule has 4 aromatic heterocycles. The van der Waals surface area contributed by atoms with Crippen LogP contribution >= 0.6 is 0 Å². The standard InChI is InChI=1S/C45H26N4O2/c1-2-11-27(12-3-1)43-46-44(28-21-23-33-32-15-6-9-19-38(32)50-40(33)25-28)48-45(47-43)35-16-10-20-39-42(35)34-24-22-29(26-41(34)51-39)49-36-17-7-4-13-30(36)31-14-5-8-18-37(31)49/h1-26H/i1D,2D,3D,11D,12D. The fraction of sp³-hybridized carbons (Fsp3) is 0. The maximum Gasteiger partial charge on any atom is 0.164 e. The van der Waals surface area contributed by atoms with Gasteiger partial charge in [-0.1, -0.05) is 103 Å². The molecule has 11 aromatic rings. The van der Waals surface area contributed by atoms with Crippen LogP contribution in [0.5, 0.6) is 0 Å². The summed E-state index contributed by atoms with van der Waals surface area (Å²) >= 11 is 0. The molecule has 0 aliphatic heterocycles. The van der Waals surface area contributed by atoms with Crippen molar-refractivity contribution in [3.63, 3.8) is 0 Å². The van der Waals surface area contributed by atoms with Crippen LogP contribution in [0.3, 0.4) is 0 Å². The molecule has 0 fully saturated rings. The summed E-state index contributed by atoms with van der Waals surface area (Å²) in [4.78, 5) is 14.6. The van der Waals surface area contributed by atoms with Crippen molar-refractivity contribution in [2.75, 3.05) is 0 Å². The fourth-order valence-corrected chi connectivity index (χ4v) is 7.30. The molecule has 4 heterocycles. The van der Waals surface area contributed by atoms with E-state index < -0.39 is 30.2 Å². The molecule has 11 rings (SSSR count). The summed E-state index contributed by atoms with van der Waals surface area (Å²) in [6.07, 6.45) is 0. The summed E-state index contributed by atoms with van der Waals surface area (Å²) in [6.45, 7) is 0. The van der Waals surface area contributed by atoms with Crippen molar-refractivity contribution in [3.8, 4) is 39.9 Å². The average Bonchev–Trinajstić information content (AvgIpc) is 3.91. The Labute approximate surface area is 297 Å². The highest BCUT2D eigenvalue weighted by Crippen LogP contribution is 2.39. The Balaban J connectivity index is 1.14. The first kappa shape index (κ1) is 23.3. The molecule has 0 spiro atoms. The molecule has 0 aliphatic carbocycles. The minimum absolute atomic E-state index is 0.0508. The Morgan fingerprint density at radius 1 is 0.451 bits per heavy atom. The van der Waals surface area contributed by atoms with Gasteiger partial charge in [0.2, 0.25) is 0 Å². The van der Waals surface area contributed by atoms with Gasteiger partial charge in [0.05, 0.1) is 17.9 Å². The van der Waals surface area contributed by atoms with Gasteiger partial charge in [0.15, 0.2) is 17.5 Å². The first-order chi connectivity index (χ1) is 27.3. The van der Waals surface area contributed by atoms with Crippen LogP contribution in [0.25, 0.3) is 106 Å². The number of nitrogens with zero attached hydrogens (tertiary/aromatic N) is 4. The first-order valence-electron chi connectivity index (χ1n) is 19.0. The van der Waals surface area contributed by atoms with Gasteiger partial charge in [0.25, 0.3) is 0 Å². The van der Waals surface area contributed by atoms with Gasteiger partial charge < -0.3 is 13.4 Å². The molecule has 0 saturated carbocycles. The van der Waals surface area contributed by atoms with Crippen molar-refractivity contribution in [1.82, 2.24) is 19.5 Å². The monoisotopic (exact) mass is 659 g/mol. The third-order valence-electron chi connectivity index (χ3n) is 9.56. The molecular weight excluding hydrogens is 629 g/mol. The molecule has 0 radical (unpaired) electrons. The molecule has 6 heteroatoms. The van der Waals surface area contributed by atoms with E-state index in [0.717, 1.165) is 54.6 Å². The van der Waals surface area contributed by atoms with E-state index in [2.05, 4.69) is 47.0 Å². The number of hydrogen-bond acceptors (Lipinski definition) is 5. The van der Waals surface area contributed by atoms with Crippen LogP contribution in [0.4, 0.5) is 0 Å². The zero-order valence-corrected chi connectivity index (χ0v) is 26.7. The van der Waals surface area contributed by atoms with Gasteiger partial charge in [0, 0.05) is 60.8 Å². The van der Waals surface area contributed by atoms with E-state index in [4.69, 9.17) is 30.6 Å². The van der Waals surface area contributed by atoms with Crippen molar-refractivity contribution in [1.29, 1.82) is 0 Å². The zero-order chi connectivity index (χ0) is 37.8. The minimum atomic E-state index is -0.497. The Bertz CT molecular complexity index is 3380. The van der Waals surface area contributed by atoms with Crippen molar-refractivity contribution in [2.24, 2.45) is 0 Å². The highest BCUT2D eigenvalue weighted by Gasteiger charge is 2.20. The van der Waals surface area contributed by atoms with Crippen LogP contribution in [0.2, 0.25) is 0 Å². The molecule has 0 unspecified atom stereocenters. The SMILES string of the molecule is [2H]c1c([2H])c([2H])c(-c2nc(-c3ccc4c(c3)oc3ccccc34)nc(-c3cccc4oc5cc(-n6c7ccccc7c7ccccc76)ccc5c34)n2)c([2H])c1[2H]. The highest BCUT2D eigenvalue weighted by atomic mass is 16.3. The van der Waals surface area contributed by atoms with Crippen molar-refractivity contribution >= 4 is 65.7 Å². The highest BCUT2D eigenvalue weighted by molar-refractivity contribution is 6.13. The van der Waals surface area contributed by atoms with Gasteiger partial charge in [-0.05, 0) is 48.5 Å². The maximum absolute atomic E-state index is 8.78. The van der Waals surface area contributed by atoms with Gasteiger partial charge in [0.1, 0.15) is 22.3 Å². The normalized spacial score (nSPS) is 13.3. The van der Waals surface area contributed by atoms with Crippen LogP contribution in [-0.2, 0) is 0 Å². The summed E-state index contributed by atoms with van der Waals surface area (Å²) in [6, 6.07) is 39.7. The minimum Gasteiger partial charge on any atom is -0.456 e. The number of benzene rings is 7. The Hall–Kier alpha value is -7.05. The molecule has 0 N–H and O–H groups in total. The quantitative estimate of drug-likeness (QED) is 0.188. The molecule has 0 aliphatic rings. The van der Waals surface area contributed by atoms with E-state index in [1.807, 2.05) is 84.9 Å². The second-order valence-electron chi connectivity index (χ2n) is 12.4. The van der Waals surface area contributed by atoms with Gasteiger partial charge >= 0.3 is 0 Å². The molecule has 0 saturated heterocycles. The third kappa shape index (κ3) is 4.26. The zero-order valence-electron chi connectivity index (χ0n) is 31.7. The summed E-state index contributed by atoms with van der Waals surface area (Å²) in [7, 11) is 0. The number of aromatic nitrogens is 4. The second kappa shape index (κ2) is 10.7. The maximum atomic E-state index is 8.78. The van der Waals surface area contributed by atoms with E-state index >= 15 is 0 Å². The lowest BCUT2D eigenvalue weighted by Gasteiger charge is -2.09. The van der Waals surface area contributed by atoms with Crippen molar-refractivity contribution in [3.05, 3.63) is 158 Å². The summed E-state index contributed by atoms with van der Waals surface area (Å²) < 4.78 is 57.5. The van der Waals surface area contributed by atoms with E-state index in [9.17, 15) is 0 Å². The van der Waals surface area contributed by atoms with Crippen LogP contribution in [0.15, 0.2) is 166 Å². The average molecular weight is 660 g/mol. The molecule has 0 atom stereocenters. The van der Waals surface area contributed by atoms with Crippen LogP contribution in [0, 0.1) is 0 Å². The Morgan fingerprint density at radius 3 is 1.86 bits per heavy atom. The number of para-hydroxylation sites is 3. The summed E-state index contributed by atoms with van der Waals surface area (Å²) in [5.41, 5.74) is 6.91. The molecule has 51 heavy (non-hydrogen) atoms. The van der Waals surface area contributed by atoms with Gasteiger partial charge in [-0.2, -0.15) is 0 Å². The van der Waals surface area contributed by atoms with Gasteiger partial charge in [-0.15, -0.1) is 0 Å². The Morgan fingerprint density at radius 2 is 1.06 bits per heavy atom. The third-order valence-corrected chi connectivity index (χ3v) is 9.56. The number of furan rings is 2. The van der Waals surface area contributed by atoms with Crippen LogP contribution < -0.4 is 0 Å². The smallest absolute Gasteiger partial charge is 0.164 e. The molecule has 0 amide bonds. The van der Waals surface area contributed by atoms with Gasteiger partial charge in [-0.3, -0.25) is 0 Å². The Kier molecular flexibility index (Phi) is 4.91. The van der Waals surface area contributed by atoms with Gasteiger partial charge in [-0.25, -0.2) is 15.0 Å². The molecule has 0 bridgehead atoms. The van der Waals surface area contributed by atoms with E-state index in [1.165, 1.54) is 0 Å². The number of rotatable bonds is 4. The largest absolute Gasteiger partial charge is 0.456 e. The van der Waals surface area contributed by atoms with E-state index in [0.29, 0.717) is 27.9 Å². The predicted molar refractivity (Wildman–Crippen MR) is 205 cm³/mol. The number of hydrogen-bond donors (Lipinski definition) is 0. The topological polar surface area (TPSA) is 69.9 Å². The fourth-order valence-electron chi connectivity index (χ4n) is 7.30. The lowest BCUT2D eigenvalue weighted by Crippen LogP contribution is -2.00. The summed E-state index contributed by atoms with van der Waals surface area (Å²) in [5, 5.41) is 5.85. The van der Waals surface area contributed by atoms with Crippen LogP contribution in [0.1, 0.15) is 6.85 Å². The van der Waals surface area contributed by atoms with Crippen molar-refractivity contribution < 1.29 is 15.7 Å². The lowest BCUT2D eigenvalue weighted by molar-refractivity contribution is 0.668. The second-order valence-corrected chi connectivity index (χ2v) is 12.4. The summed E-state index contributed by atoms with van der Waals surface area (Å²) in [5.74, 6) is 0.448. The van der Waals surface area contributed by atoms with E-state index in [1.54, 1.807) is 0 Å². The first-order valence-corrected chi connectivity index (χ1v) is 16.5. The van der Waals surface area contributed by atoms with Crippen LogP contribution in [-0.4, -0.2) is 19.5 Å². The molecule has 238 valence electrons. The molecular formula is C45H26N4O2. The number of fused-ring (bicyclic) bond motifs is 9. The molecule has 6 nitrogen and oxygen atoms in total.